The number of guanidine groups is 1. The van der Waals surface area contributed by atoms with E-state index >= 15 is 0 Å². The van der Waals surface area contributed by atoms with Crippen LogP contribution in [0.3, 0.4) is 0 Å². The van der Waals surface area contributed by atoms with Gasteiger partial charge in [0.2, 0.25) is 0 Å². The van der Waals surface area contributed by atoms with E-state index in [0.717, 1.165) is 18.3 Å². The summed E-state index contributed by atoms with van der Waals surface area (Å²) < 4.78 is 10.4. The van der Waals surface area contributed by atoms with E-state index in [4.69, 9.17) is 14.5 Å². The Morgan fingerprint density at radius 1 is 1.20 bits per heavy atom. The molecule has 25 heavy (non-hydrogen) atoms. The molecule has 144 valence electrons. The van der Waals surface area contributed by atoms with Crippen molar-refractivity contribution in [3.8, 4) is 5.75 Å². The Morgan fingerprint density at radius 2 is 1.84 bits per heavy atom. The lowest BCUT2D eigenvalue weighted by Gasteiger charge is -2.24. The molecule has 0 spiro atoms. The van der Waals surface area contributed by atoms with Gasteiger partial charge in [-0.2, -0.15) is 0 Å². The summed E-state index contributed by atoms with van der Waals surface area (Å²) in [4.78, 5) is 6.92. The van der Waals surface area contributed by atoms with E-state index in [9.17, 15) is 0 Å². The van der Waals surface area contributed by atoms with Crippen LogP contribution in [0.15, 0.2) is 29.3 Å². The second-order valence-electron chi connectivity index (χ2n) is 5.97. The molecule has 0 radical (unpaired) electrons. The molecule has 6 nitrogen and oxygen atoms in total. The first-order valence-electron chi connectivity index (χ1n) is 8.35. The molecule has 0 aliphatic heterocycles. The van der Waals surface area contributed by atoms with Crippen molar-refractivity contribution in [2.75, 3.05) is 48.0 Å². The number of likely N-dealkylation sites (N-methyl/N-ethyl adjacent to an activating group) is 1. The summed E-state index contributed by atoms with van der Waals surface area (Å²) in [5, 5.41) is 6.64. The highest BCUT2D eigenvalue weighted by atomic mass is 127. The van der Waals surface area contributed by atoms with Crippen LogP contribution in [0.1, 0.15) is 25.5 Å². The van der Waals surface area contributed by atoms with E-state index in [2.05, 4.69) is 55.6 Å². The van der Waals surface area contributed by atoms with Crippen molar-refractivity contribution in [2.45, 2.75) is 25.9 Å². The van der Waals surface area contributed by atoms with Crippen LogP contribution in [-0.2, 0) is 4.74 Å². The summed E-state index contributed by atoms with van der Waals surface area (Å²) in [6.45, 7) is 6.25. The minimum absolute atomic E-state index is 0. The number of nitrogens with zero attached hydrogens (tertiary/aromatic N) is 2. The number of aliphatic imine (C=N–C) groups is 1. The van der Waals surface area contributed by atoms with Crippen LogP contribution in [-0.4, -0.2) is 64.9 Å². The smallest absolute Gasteiger partial charge is 0.191 e. The van der Waals surface area contributed by atoms with E-state index < -0.39 is 0 Å². The van der Waals surface area contributed by atoms with Crippen LogP contribution in [0.2, 0.25) is 0 Å². The lowest BCUT2D eigenvalue weighted by atomic mass is 10.1. The Hall–Kier alpha value is -1.06. The predicted octanol–water partition coefficient (Wildman–Crippen LogP) is 2.51. The molecule has 2 atom stereocenters. The highest BCUT2D eigenvalue weighted by Gasteiger charge is 2.14. The molecule has 0 aliphatic carbocycles. The molecule has 0 bridgehead atoms. The molecule has 0 aromatic heterocycles. The monoisotopic (exact) mass is 464 g/mol. The lowest BCUT2D eigenvalue weighted by Crippen LogP contribution is -2.44. The van der Waals surface area contributed by atoms with E-state index in [-0.39, 0.29) is 36.1 Å². The molecule has 7 heteroatoms. The Morgan fingerprint density at radius 3 is 2.32 bits per heavy atom. The van der Waals surface area contributed by atoms with Crippen LogP contribution in [0.5, 0.6) is 5.75 Å². The summed E-state index contributed by atoms with van der Waals surface area (Å²) in [6.07, 6.45) is 0. The summed E-state index contributed by atoms with van der Waals surface area (Å²) >= 11 is 0. The number of ether oxygens (including phenoxy) is 2. The van der Waals surface area contributed by atoms with Crippen LogP contribution >= 0.6 is 24.0 Å². The fourth-order valence-electron chi connectivity index (χ4n) is 2.42. The summed E-state index contributed by atoms with van der Waals surface area (Å²) in [6, 6.07) is 8.55. The van der Waals surface area contributed by atoms with E-state index in [1.807, 2.05) is 12.1 Å². The van der Waals surface area contributed by atoms with Crippen molar-refractivity contribution in [1.29, 1.82) is 0 Å². The van der Waals surface area contributed by atoms with Crippen molar-refractivity contribution in [3.05, 3.63) is 29.8 Å². The molecule has 1 rings (SSSR count). The van der Waals surface area contributed by atoms with Crippen LogP contribution in [0.4, 0.5) is 0 Å². The van der Waals surface area contributed by atoms with Gasteiger partial charge in [0.1, 0.15) is 5.75 Å². The maximum absolute atomic E-state index is 5.23. The Bertz CT molecular complexity index is 494. The third kappa shape index (κ3) is 8.73. The Balaban J connectivity index is 0.00000576. The van der Waals surface area contributed by atoms with Gasteiger partial charge >= 0.3 is 0 Å². The number of benzene rings is 1. The molecule has 2 N–H and O–H groups in total. The zero-order chi connectivity index (χ0) is 17.9. The number of hydrogen-bond acceptors (Lipinski definition) is 4. The first-order chi connectivity index (χ1) is 11.5. The van der Waals surface area contributed by atoms with Crippen molar-refractivity contribution in [3.63, 3.8) is 0 Å². The van der Waals surface area contributed by atoms with Gasteiger partial charge in [0.25, 0.3) is 0 Å². The maximum atomic E-state index is 5.23. The SMILES string of the molecule is CCNC(=NCC(c1ccc(OC)cc1)N(C)C)NC(C)COC.I. The third-order valence-electron chi connectivity index (χ3n) is 3.69. The van der Waals surface area contributed by atoms with Crippen molar-refractivity contribution < 1.29 is 9.47 Å². The quantitative estimate of drug-likeness (QED) is 0.334. The number of rotatable bonds is 9. The molecule has 0 saturated carbocycles. The minimum atomic E-state index is 0. The third-order valence-corrected chi connectivity index (χ3v) is 3.69. The molecular weight excluding hydrogens is 431 g/mol. The summed E-state index contributed by atoms with van der Waals surface area (Å²) in [7, 11) is 7.52. The lowest BCUT2D eigenvalue weighted by molar-refractivity contribution is 0.179. The largest absolute Gasteiger partial charge is 0.497 e. The maximum Gasteiger partial charge on any atom is 0.191 e. The van der Waals surface area contributed by atoms with Crippen molar-refractivity contribution in [1.82, 2.24) is 15.5 Å². The standard InChI is InChI=1S/C18H32N4O2.HI/c1-7-19-18(21-14(2)13-23-5)20-12-17(22(3)4)15-8-10-16(24-6)11-9-15;/h8-11,14,17H,7,12-13H2,1-6H3,(H2,19,20,21);1H. The highest BCUT2D eigenvalue weighted by Crippen LogP contribution is 2.21. The number of methoxy groups -OCH3 is 2. The van der Waals surface area contributed by atoms with E-state index in [0.29, 0.717) is 13.2 Å². The Labute approximate surface area is 169 Å². The van der Waals surface area contributed by atoms with Crippen LogP contribution in [0.25, 0.3) is 0 Å². The molecule has 1 aromatic carbocycles. The molecular formula is C18H33IN4O2. The van der Waals surface area contributed by atoms with Crippen LogP contribution in [0, 0.1) is 0 Å². The van der Waals surface area contributed by atoms with E-state index in [1.165, 1.54) is 5.56 Å². The summed E-state index contributed by atoms with van der Waals surface area (Å²) in [5.74, 6) is 1.67. The normalized spacial score (nSPS) is 13.8. The van der Waals surface area contributed by atoms with Gasteiger partial charge in [0.15, 0.2) is 5.96 Å². The molecule has 1 aromatic rings. The molecule has 0 aliphatic rings. The number of halogens is 1. The Kier molecular flexibility index (Phi) is 12.6. The van der Waals surface area contributed by atoms with Crippen molar-refractivity contribution >= 4 is 29.9 Å². The number of hydrogen-bond donors (Lipinski definition) is 2. The average Bonchev–Trinajstić information content (AvgIpc) is 2.55. The molecule has 0 heterocycles. The van der Waals surface area contributed by atoms with Gasteiger partial charge in [-0.1, -0.05) is 12.1 Å². The van der Waals surface area contributed by atoms with Gasteiger partial charge in [-0.15, -0.1) is 24.0 Å². The molecule has 0 amide bonds. The fourth-order valence-corrected chi connectivity index (χ4v) is 2.42. The molecule has 2 unspecified atom stereocenters. The van der Waals surface area contributed by atoms with Gasteiger partial charge in [0.05, 0.1) is 26.3 Å². The van der Waals surface area contributed by atoms with Crippen molar-refractivity contribution in [2.24, 2.45) is 4.99 Å². The van der Waals surface area contributed by atoms with Crippen LogP contribution < -0.4 is 15.4 Å². The van der Waals surface area contributed by atoms with Gasteiger partial charge in [-0.05, 0) is 45.6 Å². The molecule has 0 saturated heterocycles. The topological polar surface area (TPSA) is 58.1 Å². The molecule has 0 fully saturated rings. The van der Waals surface area contributed by atoms with Gasteiger partial charge in [0, 0.05) is 19.7 Å². The predicted molar refractivity (Wildman–Crippen MR) is 115 cm³/mol. The zero-order valence-electron chi connectivity index (χ0n) is 16.2. The highest BCUT2D eigenvalue weighted by molar-refractivity contribution is 14.0. The van der Waals surface area contributed by atoms with E-state index in [1.54, 1.807) is 14.2 Å². The zero-order valence-corrected chi connectivity index (χ0v) is 18.5. The second kappa shape index (κ2) is 13.2. The number of nitrogens with one attached hydrogen (secondary N) is 2. The van der Waals surface area contributed by atoms with Gasteiger partial charge in [-0.25, -0.2) is 0 Å². The van der Waals surface area contributed by atoms with Gasteiger partial charge < -0.3 is 25.0 Å². The second-order valence-corrected chi connectivity index (χ2v) is 5.97. The first-order valence-corrected chi connectivity index (χ1v) is 8.35. The fraction of sp³-hybridized carbons (Fsp3) is 0.611. The van der Waals surface area contributed by atoms with Gasteiger partial charge in [-0.3, -0.25) is 4.99 Å². The summed E-state index contributed by atoms with van der Waals surface area (Å²) in [5.41, 5.74) is 1.21. The minimum Gasteiger partial charge on any atom is -0.497 e. The first kappa shape index (κ1) is 23.9. The average molecular weight is 464 g/mol.